The molecule has 2 unspecified atom stereocenters. The molecule has 8 heteroatoms. The highest BCUT2D eigenvalue weighted by molar-refractivity contribution is 6.30. The second-order valence-corrected chi connectivity index (χ2v) is 5.94. The number of benzene rings is 1. The van der Waals surface area contributed by atoms with E-state index in [1.165, 1.54) is 6.07 Å². The molecule has 26 heavy (non-hydrogen) atoms. The van der Waals surface area contributed by atoms with Crippen LogP contribution in [0.1, 0.15) is 29.8 Å². The van der Waals surface area contributed by atoms with Crippen molar-refractivity contribution >= 4 is 17.9 Å². The van der Waals surface area contributed by atoms with Crippen molar-refractivity contribution in [2.24, 2.45) is 9.98 Å². The molecule has 0 spiro atoms. The van der Waals surface area contributed by atoms with Gasteiger partial charge in [0, 0.05) is 18.8 Å². The molecule has 1 aromatic heterocycles. The molecule has 4 rings (SSSR count). The lowest BCUT2D eigenvalue weighted by atomic mass is 9.94. The third-order valence-corrected chi connectivity index (χ3v) is 4.46. The van der Waals surface area contributed by atoms with Crippen molar-refractivity contribution in [3.63, 3.8) is 0 Å². The van der Waals surface area contributed by atoms with Crippen molar-refractivity contribution < 1.29 is 14.1 Å². The smallest absolute Gasteiger partial charge is 0.433 e. The Balaban J connectivity index is 1.70. The SMILES string of the molecule is COc1ccc(C2CC(c3ccc([N+](=O)[O-])o3)N=C3C=NC=CN32)cc1. The first kappa shape index (κ1) is 16.1. The third-order valence-electron chi connectivity index (χ3n) is 4.46. The number of amidine groups is 1. The zero-order chi connectivity index (χ0) is 18.1. The first-order valence-electron chi connectivity index (χ1n) is 8.10. The molecule has 0 bridgehead atoms. The summed E-state index contributed by atoms with van der Waals surface area (Å²) >= 11 is 0. The molecule has 8 nitrogen and oxygen atoms in total. The van der Waals surface area contributed by atoms with Crippen molar-refractivity contribution in [2.45, 2.75) is 18.5 Å². The zero-order valence-electron chi connectivity index (χ0n) is 14.0. The quantitative estimate of drug-likeness (QED) is 0.618. The first-order chi connectivity index (χ1) is 12.7. The van der Waals surface area contributed by atoms with Crippen molar-refractivity contribution in [3.8, 4) is 5.75 Å². The normalized spacial score (nSPS) is 21.3. The summed E-state index contributed by atoms with van der Waals surface area (Å²) in [5, 5.41) is 10.9. The minimum absolute atomic E-state index is 0.00515. The van der Waals surface area contributed by atoms with Crippen LogP contribution < -0.4 is 4.74 Å². The summed E-state index contributed by atoms with van der Waals surface area (Å²) in [6, 6.07) is 10.5. The van der Waals surface area contributed by atoms with Crippen molar-refractivity contribution in [1.82, 2.24) is 4.90 Å². The van der Waals surface area contributed by atoms with Gasteiger partial charge in [-0.05, 0) is 23.8 Å². The average molecular weight is 352 g/mol. The molecule has 3 heterocycles. The maximum atomic E-state index is 10.9. The Morgan fingerprint density at radius 2 is 2.08 bits per heavy atom. The Morgan fingerprint density at radius 3 is 2.77 bits per heavy atom. The van der Waals surface area contributed by atoms with Gasteiger partial charge < -0.3 is 14.1 Å². The van der Waals surface area contributed by atoms with E-state index in [0.717, 1.165) is 11.3 Å². The fourth-order valence-electron chi connectivity index (χ4n) is 3.19. The second kappa shape index (κ2) is 6.47. The number of ether oxygens (including phenoxy) is 1. The van der Waals surface area contributed by atoms with E-state index >= 15 is 0 Å². The maximum Gasteiger partial charge on any atom is 0.433 e. The van der Waals surface area contributed by atoms with E-state index in [4.69, 9.17) is 9.15 Å². The van der Waals surface area contributed by atoms with Crippen LogP contribution in [-0.4, -0.2) is 29.0 Å². The van der Waals surface area contributed by atoms with E-state index in [0.29, 0.717) is 18.0 Å². The lowest BCUT2D eigenvalue weighted by Crippen LogP contribution is -2.37. The molecular formula is C18H16N4O4. The summed E-state index contributed by atoms with van der Waals surface area (Å²) < 4.78 is 10.6. The fourth-order valence-corrected chi connectivity index (χ4v) is 3.19. The highest BCUT2D eigenvalue weighted by Crippen LogP contribution is 2.40. The van der Waals surface area contributed by atoms with E-state index in [1.807, 2.05) is 35.4 Å². The van der Waals surface area contributed by atoms with Gasteiger partial charge in [0.25, 0.3) is 0 Å². The molecule has 0 saturated carbocycles. The van der Waals surface area contributed by atoms with Crippen LogP contribution in [0.4, 0.5) is 5.88 Å². The van der Waals surface area contributed by atoms with Gasteiger partial charge in [0.1, 0.15) is 28.3 Å². The summed E-state index contributed by atoms with van der Waals surface area (Å²) in [6.45, 7) is 0. The van der Waals surface area contributed by atoms with E-state index < -0.39 is 4.92 Å². The largest absolute Gasteiger partial charge is 0.497 e. The summed E-state index contributed by atoms with van der Waals surface area (Å²) in [5.74, 6) is 1.68. The summed E-state index contributed by atoms with van der Waals surface area (Å²) in [5.41, 5.74) is 1.09. The number of hydrogen-bond acceptors (Lipinski definition) is 7. The monoisotopic (exact) mass is 352 g/mol. The molecule has 2 aliphatic heterocycles. The Hall–Kier alpha value is -3.42. The van der Waals surface area contributed by atoms with Crippen LogP contribution in [0.5, 0.6) is 5.75 Å². The van der Waals surface area contributed by atoms with Gasteiger partial charge in [-0.15, -0.1) is 0 Å². The second-order valence-electron chi connectivity index (χ2n) is 5.94. The fraction of sp³-hybridized carbons (Fsp3) is 0.222. The number of hydrogen-bond donors (Lipinski definition) is 0. The minimum atomic E-state index is -0.544. The van der Waals surface area contributed by atoms with Crippen molar-refractivity contribution in [1.29, 1.82) is 0 Å². The Bertz CT molecular complexity index is 914. The first-order valence-corrected chi connectivity index (χ1v) is 8.10. The van der Waals surface area contributed by atoms with Crippen LogP contribution in [0.3, 0.4) is 0 Å². The molecule has 132 valence electrons. The molecule has 2 atom stereocenters. The van der Waals surface area contributed by atoms with Gasteiger partial charge >= 0.3 is 5.88 Å². The lowest BCUT2D eigenvalue weighted by molar-refractivity contribution is -0.402. The molecule has 0 N–H and O–H groups in total. The van der Waals surface area contributed by atoms with Gasteiger partial charge in [-0.25, -0.2) is 0 Å². The number of methoxy groups -OCH3 is 1. The van der Waals surface area contributed by atoms with Gasteiger partial charge in [0.05, 0.1) is 25.4 Å². The number of fused-ring (bicyclic) bond motifs is 1. The Labute approximate surface area is 149 Å². The predicted octanol–water partition coefficient (Wildman–Crippen LogP) is 3.64. The molecule has 1 aromatic carbocycles. The summed E-state index contributed by atoms with van der Waals surface area (Å²) in [4.78, 5) is 21.2. The van der Waals surface area contributed by atoms with Gasteiger partial charge in [-0.2, -0.15) is 0 Å². The van der Waals surface area contributed by atoms with Crippen LogP contribution >= 0.6 is 0 Å². The number of rotatable bonds is 4. The summed E-state index contributed by atoms with van der Waals surface area (Å²) in [6.07, 6.45) is 5.90. The van der Waals surface area contributed by atoms with Gasteiger partial charge in [-0.1, -0.05) is 12.1 Å². The molecular weight excluding hydrogens is 336 g/mol. The van der Waals surface area contributed by atoms with E-state index in [-0.39, 0.29) is 18.0 Å². The zero-order valence-corrected chi connectivity index (χ0v) is 14.0. The highest BCUT2D eigenvalue weighted by Gasteiger charge is 2.33. The van der Waals surface area contributed by atoms with Crippen LogP contribution in [0.2, 0.25) is 0 Å². The molecule has 2 aromatic rings. The van der Waals surface area contributed by atoms with Gasteiger partial charge in [-0.3, -0.25) is 20.1 Å². The molecule has 0 amide bonds. The number of nitro groups is 1. The molecule has 0 saturated heterocycles. The Kier molecular flexibility index (Phi) is 4.00. The molecule has 2 aliphatic rings. The third kappa shape index (κ3) is 2.85. The predicted molar refractivity (Wildman–Crippen MR) is 95.4 cm³/mol. The van der Waals surface area contributed by atoms with Crippen LogP contribution in [0.15, 0.2) is 63.2 Å². The van der Waals surface area contributed by atoms with Crippen LogP contribution in [0.25, 0.3) is 0 Å². The number of aliphatic imine (C=N–C) groups is 2. The number of furan rings is 1. The van der Waals surface area contributed by atoms with Gasteiger partial charge in [0.2, 0.25) is 0 Å². The standard InChI is InChI=1S/C18H16N4O4/c1-25-13-4-2-12(3-5-13)15-10-14(16-6-7-18(26-16)22(23)24)20-17-11-19-8-9-21(15)17/h2-9,11,14-15H,10H2,1H3. The molecule has 0 aliphatic carbocycles. The van der Waals surface area contributed by atoms with Crippen LogP contribution in [-0.2, 0) is 0 Å². The molecule has 0 radical (unpaired) electrons. The van der Waals surface area contributed by atoms with E-state index in [9.17, 15) is 10.1 Å². The number of nitrogens with zero attached hydrogens (tertiary/aromatic N) is 4. The lowest BCUT2D eigenvalue weighted by Gasteiger charge is -2.37. The topological polar surface area (TPSA) is 93.5 Å². The maximum absolute atomic E-state index is 10.9. The average Bonchev–Trinajstić information content (AvgIpc) is 3.18. The van der Waals surface area contributed by atoms with Crippen molar-refractivity contribution in [3.05, 3.63) is 70.2 Å². The van der Waals surface area contributed by atoms with Crippen molar-refractivity contribution in [2.75, 3.05) is 7.11 Å². The molecule has 0 fully saturated rings. The van der Waals surface area contributed by atoms with E-state index in [2.05, 4.69) is 9.98 Å². The minimum Gasteiger partial charge on any atom is -0.497 e. The highest BCUT2D eigenvalue weighted by atomic mass is 16.6. The van der Waals surface area contributed by atoms with Crippen LogP contribution in [0, 0.1) is 10.1 Å². The van der Waals surface area contributed by atoms with Gasteiger partial charge in [0.15, 0.2) is 0 Å². The van der Waals surface area contributed by atoms with E-state index in [1.54, 1.807) is 25.6 Å². The summed E-state index contributed by atoms with van der Waals surface area (Å²) in [7, 11) is 1.63. The Morgan fingerprint density at radius 1 is 1.27 bits per heavy atom.